The van der Waals surface area contributed by atoms with Crippen LogP contribution in [0.4, 0.5) is 11.4 Å². The number of hydrogen-bond acceptors (Lipinski definition) is 1. The van der Waals surface area contributed by atoms with Gasteiger partial charge in [0.2, 0.25) is 0 Å². The summed E-state index contributed by atoms with van der Waals surface area (Å²) in [4.78, 5) is 2.44. The zero-order chi connectivity index (χ0) is 42.1. The lowest BCUT2D eigenvalue weighted by molar-refractivity contribution is 0.628. The maximum Gasteiger partial charge on any atom is 0.0547 e. The van der Waals surface area contributed by atoms with E-state index in [-0.39, 0.29) is 11.8 Å². The highest BCUT2D eigenvalue weighted by Gasteiger charge is 2.24. The molecule has 2 nitrogen and oxygen atoms in total. The molecule has 63 heavy (non-hydrogen) atoms. The van der Waals surface area contributed by atoms with Crippen molar-refractivity contribution in [1.82, 2.24) is 4.57 Å². The monoisotopic (exact) mass is 806 g/mol. The quantitative estimate of drug-likeness (QED) is 0.141. The number of para-hydroxylation sites is 2. The van der Waals surface area contributed by atoms with E-state index in [1.165, 1.54) is 71.9 Å². The zero-order valence-corrected chi connectivity index (χ0v) is 35.2. The summed E-state index contributed by atoms with van der Waals surface area (Å²) in [6.45, 7) is 2.35. The second kappa shape index (κ2) is 16.5. The van der Waals surface area contributed by atoms with Crippen molar-refractivity contribution in [2.45, 2.75) is 12.8 Å². The Morgan fingerprint density at radius 1 is 0.413 bits per heavy atom. The standard InChI is InChI=1S/C61H46N2/c1-43-39-55(37-38-56(43)50-24-14-23-49(41-50)45-19-7-3-8-20-45)62(53-35-33-46(34-36-53)48-22-13-21-47(40-48)44-17-5-2-6-18-44)54-28-15-25-51(42-54)57-30-16-32-60-61(57)58-29-11-12-31-59(58)63(60)52-26-9-4-10-27-52/h2-43,56H,1H3. The van der Waals surface area contributed by atoms with E-state index >= 15 is 0 Å². The van der Waals surface area contributed by atoms with Crippen LogP contribution in [0.1, 0.15) is 18.4 Å². The average Bonchev–Trinajstić information content (AvgIpc) is 3.70. The smallest absolute Gasteiger partial charge is 0.0547 e. The summed E-state index contributed by atoms with van der Waals surface area (Å²) < 4.78 is 2.40. The van der Waals surface area contributed by atoms with E-state index in [9.17, 15) is 0 Å². The number of hydrogen-bond donors (Lipinski definition) is 0. The van der Waals surface area contributed by atoms with Crippen LogP contribution in [-0.2, 0) is 0 Å². The summed E-state index contributed by atoms with van der Waals surface area (Å²) in [5, 5.41) is 2.50. The first-order valence-electron chi connectivity index (χ1n) is 22.0. The molecule has 1 aromatic heterocycles. The Morgan fingerprint density at radius 3 is 1.68 bits per heavy atom. The van der Waals surface area contributed by atoms with Crippen molar-refractivity contribution in [3.63, 3.8) is 0 Å². The van der Waals surface area contributed by atoms with Gasteiger partial charge in [-0.15, -0.1) is 0 Å². The fraction of sp³-hybridized carbons (Fsp3) is 0.0492. The second-order valence-corrected chi connectivity index (χ2v) is 16.6. The number of aromatic nitrogens is 1. The normalized spacial score (nSPS) is 14.8. The first-order chi connectivity index (χ1) is 31.2. The lowest BCUT2D eigenvalue weighted by Gasteiger charge is -2.32. The molecule has 10 aromatic rings. The van der Waals surface area contributed by atoms with Gasteiger partial charge in [0.15, 0.2) is 0 Å². The largest absolute Gasteiger partial charge is 0.311 e. The number of nitrogens with zero attached hydrogens (tertiary/aromatic N) is 2. The Hall–Kier alpha value is -7.94. The van der Waals surface area contributed by atoms with E-state index in [1.54, 1.807) is 0 Å². The zero-order valence-electron chi connectivity index (χ0n) is 35.2. The van der Waals surface area contributed by atoms with E-state index < -0.39 is 0 Å². The van der Waals surface area contributed by atoms with E-state index in [0.717, 1.165) is 22.8 Å². The van der Waals surface area contributed by atoms with Gasteiger partial charge in [-0.25, -0.2) is 0 Å². The van der Waals surface area contributed by atoms with E-state index in [4.69, 9.17) is 0 Å². The predicted molar refractivity (Wildman–Crippen MR) is 267 cm³/mol. The van der Waals surface area contributed by atoms with Crippen LogP contribution < -0.4 is 4.90 Å². The molecule has 0 N–H and O–H groups in total. The molecule has 2 unspecified atom stereocenters. The molecule has 2 heteroatoms. The Bertz CT molecular complexity index is 3280. The molecule has 2 atom stereocenters. The third-order valence-corrected chi connectivity index (χ3v) is 12.7. The summed E-state index contributed by atoms with van der Waals surface area (Å²) >= 11 is 0. The lowest BCUT2D eigenvalue weighted by atomic mass is 9.82. The molecule has 0 fully saturated rings. The Labute approximate surface area is 370 Å². The van der Waals surface area contributed by atoms with Gasteiger partial charge in [0.25, 0.3) is 0 Å². The van der Waals surface area contributed by atoms with Crippen molar-refractivity contribution < 1.29 is 0 Å². The molecule has 1 aliphatic carbocycles. The number of rotatable bonds is 9. The van der Waals surface area contributed by atoms with Gasteiger partial charge in [-0.3, -0.25) is 0 Å². The summed E-state index contributed by atoms with van der Waals surface area (Å²) in [5.74, 6) is 0.518. The fourth-order valence-electron chi connectivity index (χ4n) is 9.61. The number of benzene rings is 9. The molecule has 11 rings (SSSR count). The molecule has 300 valence electrons. The van der Waals surface area contributed by atoms with Gasteiger partial charge >= 0.3 is 0 Å². The van der Waals surface area contributed by atoms with Gasteiger partial charge in [0.1, 0.15) is 0 Å². The van der Waals surface area contributed by atoms with Crippen LogP contribution in [0.5, 0.6) is 0 Å². The van der Waals surface area contributed by atoms with E-state index in [1.807, 2.05) is 0 Å². The van der Waals surface area contributed by atoms with Crippen LogP contribution in [0, 0.1) is 5.92 Å². The van der Waals surface area contributed by atoms with Crippen molar-refractivity contribution >= 4 is 33.2 Å². The Morgan fingerprint density at radius 2 is 0.968 bits per heavy atom. The van der Waals surface area contributed by atoms with Crippen molar-refractivity contribution in [1.29, 1.82) is 0 Å². The van der Waals surface area contributed by atoms with E-state index in [2.05, 4.69) is 265 Å². The SMILES string of the molecule is CC1C=C(N(c2ccc(-c3cccc(-c4ccccc4)c3)cc2)c2cccc(-c3cccc4c3c3ccccc3n4-c3ccccc3)c2)C=CC1c1cccc(-c2ccccc2)c1. The third-order valence-electron chi connectivity index (χ3n) is 12.7. The molecule has 9 aromatic carbocycles. The van der Waals surface area contributed by atoms with Crippen LogP contribution in [0.15, 0.2) is 254 Å². The molecular formula is C61H46N2. The van der Waals surface area contributed by atoms with Gasteiger partial charge in [0, 0.05) is 39.4 Å². The maximum absolute atomic E-state index is 2.46. The first kappa shape index (κ1) is 38.0. The summed E-state index contributed by atoms with van der Waals surface area (Å²) in [5.41, 5.74) is 18.0. The van der Waals surface area contributed by atoms with Crippen LogP contribution in [0.3, 0.4) is 0 Å². The molecule has 0 radical (unpaired) electrons. The minimum atomic E-state index is 0.254. The van der Waals surface area contributed by atoms with Crippen LogP contribution in [0.2, 0.25) is 0 Å². The van der Waals surface area contributed by atoms with Gasteiger partial charge in [-0.05, 0) is 117 Å². The van der Waals surface area contributed by atoms with Crippen LogP contribution in [0.25, 0.3) is 72.0 Å². The summed E-state index contributed by atoms with van der Waals surface area (Å²) in [6, 6.07) is 83.6. The molecule has 0 saturated carbocycles. The number of anilines is 2. The van der Waals surface area contributed by atoms with Crippen molar-refractivity contribution in [3.05, 3.63) is 260 Å². The number of allylic oxidation sites excluding steroid dienone is 3. The maximum atomic E-state index is 2.46. The molecular weight excluding hydrogens is 761 g/mol. The molecule has 0 aliphatic heterocycles. The first-order valence-corrected chi connectivity index (χ1v) is 22.0. The average molecular weight is 807 g/mol. The van der Waals surface area contributed by atoms with Crippen molar-refractivity contribution in [3.8, 4) is 50.2 Å². The van der Waals surface area contributed by atoms with E-state index in [0.29, 0.717) is 0 Å². The molecule has 0 saturated heterocycles. The van der Waals surface area contributed by atoms with Gasteiger partial charge in [-0.1, -0.05) is 195 Å². The Balaban J connectivity index is 1.01. The van der Waals surface area contributed by atoms with Crippen molar-refractivity contribution in [2.75, 3.05) is 4.90 Å². The topological polar surface area (TPSA) is 8.17 Å². The minimum Gasteiger partial charge on any atom is -0.311 e. The fourth-order valence-corrected chi connectivity index (χ4v) is 9.61. The van der Waals surface area contributed by atoms with Crippen molar-refractivity contribution in [2.24, 2.45) is 5.92 Å². The van der Waals surface area contributed by atoms with Gasteiger partial charge in [-0.2, -0.15) is 0 Å². The molecule has 0 bridgehead atoms. The Kier molecular flexibility index (Phi) is 9.95. The van der Waals surface area contributed by atoms with Gasteiger partial charge in [0.05, 0.1) is 11.0 Å². The molecule has 0 amide bonds. The second-order valence-electron chi connectivity index (χ2n) is 16.6. The highest BCUT2D eigenvalue weighted by atomic mass is 15.1. The lowest BCUT2D eigenvalue weighted by Crippen LogP contribution is -2.20. The minimum absolute atomic E-state index is 0.254. The highest BCUT2D eigenvalue weighted by Crippen LogP contribution is 2.43. The van der Waals surface area contributed by atoms with Crippen LogP contribution >= 0.6 is 0 Å². The third kappa shape index (κ3) is 7.26. The summed E-state index contributed by atoms with van der Waals surface area (Å²) in [6.07, 6.45) is 7.19. The van der Waals surface area contributed by atoms with Gasteiger partial charge < -0.3 is 9.47 Å². The van der Waals surface area contributed by atoms with Crippen LogP contribution in [-0.4, -0.2) is 4.57 Å². The molecule has 1 heterocycles. The highest BCUT2D eigenvalue weighted by molar-refractivity contribution is 6.15. The molecule has 0 spiro atoms. The predicted octanol–water partition coefficient (Wildman–Crippen LogP) is 16.5. The summed E-state index contributed by atoms with van der Waals surface area (Å²) in [7, 11) is 0. The number of fused-ring (bicyclic) bond motifs is 3. The molecule has 1 aliphatic rings.